The van der Waals surface area contributed by atoms with Crippen molar-refractivity contribution in [3.63, 3.8) is 0 Å². The summed E-state index contributed by atoms with van der Waals surface area (Å²) in [4.78, 5) is 21.4. The SMILES string of the molecule is c1ccc2cc3c(cc2c1)c1cc(-n2c4ccccc4c4ccccc42)ccc1n3-c1cccc2cc(-c3nc4ccccc4nc3-c3ccc4c5ccccc5c5ccccc5c4c3)ccc12.c1ccc2cc3c(cc2c1)c1cc(-n2c4ccccc4c4ccccc42)ccc1n3-c1cccc2cc(-c3nc4ccccc4nc3-c3cccc4ccccc34)ccc12. The van der Waals surface area contributed by atoms with Crippen LogP contribution in [0.2, 0.25) is 0 Å². The fraction of sp³-hybridized carbons (Fsp3) is 0. The monoisotopic (exact) mass is 1620 g/mol. The van der Waals surface area contributed by atoms with E-state index in [1.165, 1.54) is 146 Å². The van der Waals surface area contributed by atoms with Crippen LogP contribution in [0.15, 0.2) is 437 Å². The minimum Gasteiger partial charge on any atom is -0.309 e. The first-order valence-electron chi connectivity index (χ1n) is 43.8. The zero-order valence-electron chi connectivity index (χ0n) is 69.1. The van der Waals surface area contributed by atoms with E-state index in [-0.39, 0.29) is 0 Å². The summed E-state index contributed by atoms with van der Waals surface area (Å²) in [7, 11) is 0. The second-order valence-corrected chi connectivity index (χ2v) is 33.9. The van der Waals surface area contributed by atoms with Gasteiger partial charge in [0.2, 0.25) is 0 Å². The Morgan fingerprint density at radius 3 is 0.875 bits per heavy atom. The van der Waals surface area contributed by atoms with Gasteiger partial charge in [0.05, 0.1) is 100 Å². The summed E-state index contributed by atoms with van der Waals surface area (Å²) in [6.45, 7) is 0. The van der Waals surface area contributed by atoms with Crippen molar-refractivity contribution in [1.29, 1.82) is 0 Å². The van der Waals surface area contributed by atoms with E-state index in [0.29, 0.717) is 0 Å². The minimum atomic E-state index is 0.862. The Bertz CT molecular complexity index is 9490. The number of nitrogens with zero attached hydrogens (tertiary/aromatic N) is 8. The Balaban J connectivity index is 0.000000133. The van der Waals surface area contributed by atoms with Crippen LogP contribution in [0.25, 0.3) is 263 Å². The van der Waals surface area contributed by atoms with Crippen LogP contribution < -0.4 is 0 Å². The van der Waals surface area contributed by atoms with Crippen LogP contribution in [0, 0.1) is 0 Å². The second-order valence-electron chi connectivity index (χ2n) is 33.9. The molecule has 0 saturated heterocycles. The molecule has 6 aromatic heterocycles. The lowest BCUT2D eigenvalue weighted by Crippen LogP contribution is -1.98. The average molecular weight is 1630 g/mol. The Morgan fingerprint density at radius 2 is 0.438 bits per heavy atom. The molecule has 592 valence electrons. The van der Waals surface area contributed by atoms with Gasteiger partial charge in [-0.1, -0.05) is 297 Å². The van der Waals surface area contributed by atoms with E-state index >= 15 is 0 Å². The maximum absolute atomic E-state index is 5.40. The van der Waals surface area contributed by atoms with Crippen LogP contribution in [0.4, 0.5) is 0 Å². The zero-order chi connectivity index (χ0) is 83.8. The maximum atomic E-state index is 5.40. The standard InChI is InChI=1S/C64H38N4.C56H34N4/c1-2-15-40-37-62-54(35-39(40)14-1)55-38-44(67-59-25-11-7-21-51(59)52-22-8-12-26-60(52)67)30-33-61(55)68(62)58-27-13-16-41-34-42(28-31-45(41)58)63-64(66-57-24-10-9-23-56(57)65-63)43-29-32-50-48-19-4-3-17-46(48)47-18-5-6-20-49(47)53(50)36-43;1-2-15-37-33-54-46(32-36(37)14-1)47-34-40(59-51-24-9-5-19-43(51)44-20-6-10-25-52(44)59)28-30-53(47)60(54)50-26-12-17-38-31-39(27-29-42(38)50)55-56(58-49-23-8-7-22-48(49)57-55)45-21-11-16-35-13-3-4-18-41(35)45/h1-38H;1-34H. The molecule has 0 aliphatic heterocycles. The molecule has 0 amide bonds. The second kappa shape index (κ2) is 28.2. The molecule has 6 heterocycles. The van der Waals surface area contributed by atoms with Crippen molar-refractivity contribution in [2.75, 3.05) is 0 Å². The van der Waals surface area contributed by atoms with Gasteiger partial charge in [-0.3, -0.25) is 0 Å². The molecule has 28 rings (SSSR count). The summed E-state index contributed by atoms with van der Waals surface area (Å²) in [6, 6.07) is 158. The Hall–Kier alpha value is -17.2. The lowest BCUT2D eigenvalue weighted by molar-refractivity contribution is 1.17. The van der Waals surface area contributed by atoms with E-state index in [2.05, 4.69) is 425 Å². The van der Waals surface area contributed by atoms with Gasteiger partial charge in [-0.15, -0.1) is 0 Å². The number of rotatable bonds is 8. The highest BCUT2D eigenvalue weighted by molar-refractivity contribution is 6.26. The first-order valence-corrected chi connectivity index (χ1v) is 43.8. The van der Waals surface area contributed by atoms with Crippen LogP contribution in [0.3, 0.4) is 0 Å². The van der Waals surface area contributed by atoms with Gasteiger partial charge in [-0.2, -0.15) is 0 Å². The van der Waals surface area contributed by atoms with Crippen molar-refractivity contribution in [3.8, 4) is 67.8 Å². The topological polar surface area (TPSA) is 71.3 Å². The highest BCUT2D eigenvalue weighted by Crippen LogP contribution is 2.47. The summed E-state index contributed by atoms with van der Waals surface area (Å²) in [6.07, 6.45) is 0. The third-order valence-electron chi connectivity index (χ3n) is 26.9. The Morgan fingerprint density at radius 1 is 0.141 bits per heavy atom. The van der Waals surface area contributed by atoms with E-state index < -0.39 is 0 Å². The molecule has 0 atom stereocenters. The first kappa shape index (κ1) is 71.4. The van der Waals surface area contributed by atoms with Crippen molar-refractivity contribution in [3.05, 3.63) is 437 Å². The van der Waals surface area contributed by atoms with Crippen LogP contribution >= 0.6 is 0 Å². The highest BCUT2D eigenvalue weighted by Gasteiger charge is 2.25. The lowest BCUT2D eigenvalue weighted by Gasteiger charge is -2.15. The van der Waals surface area contributed by atoms with Gasteiger partial charge in [0, 0.05) is 87.5 Å². The zero-order valence-corrected chi connectivity index (χ0v) is 69.1. The Kier molecular flexibility index (Phi) is 15.7. The summed E-state index contributed by atoms with van der Waals surface area (Å²) < 4.78 is 9.76. The van der Waals surface area contributed by atoms with Gasteiger partial charge < -0.3 is 18.3 Å². The van der Waals surface area contributed by atoms with Crippen molar-refractivity contribution >= 4 is 195 Å². The number of hydrogen-bond donors (Lipinski definition) is 0. The summed E-state index contributed by atoms with van der Waals surface area (Å²) in [5.41, 5.74) is 25.2. The molecule has 8 heteroatoms. The van der Waals surface area contributed by atoms with E-state index in [9.17, 15) is 0 Å². The molecule has 0 fully saturated rings. The number of hydrogen-bond acceptors (Lipinski definition) is 4. The molecular weight excluding hydrogens is 1550 g/mol. The molecular formula is C120H72N8. The summed E-state index contributed by atoms with van der Waals surface area (Å²) in [5, 5.41) is 29.2. The molecule has 28 aromatic rings. The number of para-hydroxylation sites is 8. The predicted octanol–water partition coefficient (Wildman–Crippen LogP) is 31.5. The summed E-state index contributed by atoms with van der Waals surface area (Å²) in [5.74, 6) is 0. The van der Waals surface area contributed by atoms with E-state index in [4.69, 9.17) is 19.9 Å². The maximum Gasteiger partial charge on any atom is 0.0979 e. The lowest BCUT2D eigenvalue weighted by atomic mass is 9.92. The van der Waals surface area contributed by atoms with Gasteiger partial charge >= 0.3 is 0 Å². The van der Waals surface area contributed by atoms with Gasteiger partial charge in [-0.25, -0.2) is 19.9 Å². The number of aromatic nitrogens is 8. The average Bonchev–Trinajstić information content (AvgIpc) is 1.58. The molecule has 0 bridgehead atoms. The summed E-state index contributed by atoms with van der Waals surface area (Å²) >= 11 is 0. The van der Waals surface area contributed by atoms with Crippen molar-refractivity contribution in [2.24, 2.45) is 0 Å². The smallest absolute Gasteiger partial charge is 0.0979 e. The quantitative estimate of drug-likeness (QED) is 0.142. The third kappa shape index (κ3) is 11.0. The molecule has 0 N–H and O–H groups in total. The van der Waals surface area contributed by atoms with E-state index in [0.717, 1.165) is 117 Å². The molecule has 0 saturated carbocycles. The van der Waals surface area contributed by atoms with Crippen molar-refractivity contribution in [1.82, 2.24) is 38.2 Å². The normalized spacial score (nSPS) is 12.1. The Labute approximate surface area is 733 Å². The van der Waals surface area contributed by atoms with Crippen molar-refractivity contribution in [2.45, 2.75) is 0 Å². The fourth-order valence-corrected chi connectivity index (χ4v) is 21.1. The number of fused-ring (bicyclic) bond motifs is 25. The van der Waals surface area contributed by atoms with Crippen LogP contribution in [-0.4, -0.2) is 38.2 Å². The van der Waals surface area contributed by atoms with Gasteiger partial charge in [0.15, 0.2) is 0 Å². The molecule has 22 aromatic carbocycles. The van der Waals surface area contributed by atoms with Crippen LogP contribution in [0.1, 0.15) is 0 Å². The first-order chi connectivity index (χ1) is 63.5. The van der Waals surface area contributed by atoms with Crippen LogP contribution in [0.5, 0.6) is 0 Å². The fourth-order valence-electron chi connectivity index (χ4n) is 21.1. The molecule has 0 aliphatic carbocycles. The molecule has 0 aliphatic rings. The van der Waals surface area contributed by atoms with Crippen LogP contribution in [-0.2, 0) is 0 Å². The van der Waals surface area contributed by atoms with Gasteiger partial charge in [0.25, 0.3) is 0 Å². The molecule has 0 unspecified atom stereocenters. The largest absolute Gasteiger partial charge is 0.309 e. The van der Waals surface area contributed by atoms with E-state index in [1.807, 2.05) is 30.3 Å². The minimum absolute atomic E-state index is 0.862. The van der Waals surface area contributed by atoms with Gasteiger partial charge in [-0.05, 0) is 215 Å². The number of benzene rings is 22. The van der Waals surface area contributed by atoms with Gasteiger partial charge in [0.1, 0.15) is 0 Å². The molecule has 8 nitrogen and oxygen atoms in total. The predicted molar refractivity (Wildman–Crippen MR) is 538 cm³/mol. The van der Waals surface area contributed by atoms with E-state index in [1.54, 1.807) is 0 Å². The van der Waals surface area contributed by atoms with Crippen molar-refractivity contribution < 1.29 is 0 Å². The molecule has 0 spiro atoms. The highest BCUT2D eigenvalue weighted by atomic mass is 15.0. The molecule has 128 heavy (non-hydrogen) atoms. The molecule has 0 radical (unpaired) electrons. The third-order valence-corrected chi connectivity index (χ3v) is 26.9.